The van der Waals surface area contributed by atoms with Crippen molar-refractivity contribution >= 4 is 0 Å². The van der Waals surface area contributed by atoms with Crippen molar-refractivity contribution < 1.29 is 0 Å². The number of benzene rings is 1. The van der Waals surface area contributed by atoms with Crippen LogP contribution in [-0.4, -0.2) is 9.97 Å². The van der Waals surface area contributed by atoms with Crippen molar-refractivity contribution in [3.8, 4) is 11.1 Å². The van der Waals surface area contributed by atoms with Gasteiger partial charge in [0.05, 0.1) is 0 Å². The first-order valence-corrected chi connectivity index (χ1v) is 4.70. The zero-order chi connectivity index (χ0) is 11.1. The van der Waals surface area contributed by atoms with Crippen molar-refractivity contribution in [1.82, 2.24) is 9.97 Å². The van der Waals surface area contributed by atoms with Crippen LogP contribution in [0, 0.1) is 6.92 Å². The van der Waals surface area contributed by atoms with E-state index < -0.39 is 0 Å². The second kappa shape index (κ2) is 5.70. The van der Waals surface area contributed by atoms with Gasteiger partial charge in [0.25, 0.3) is 0 Å². The summed E-state index contributed by atoms with van der Waals surface area (Å²) in [6, 6.07) is 10.1. The fourth-order valence-corrected chi connectivity index (χ4v) is 1.17. The van der Waals surface area contributed by atoms with Crippen molar-refractivity contribution in [3.63, 3.8) is 0 Å². The van der Waals surface area contributed by atoms with E-state index >= 15 is 0 Å². The number of aromatic nitrogens is 2. The van der Waals surface area contributed by atoms with Gasteiger partial charge in [0.1, 0.15) is 5.82 Å². The fourth-order valence-electron chi connectivity index (χ4n) is 1.17. The molecule has 0 unspecified atom stereocenters. The standard InChI is InChI=1S/C11H10N2.C2H4/c1-9-12-7-11(8-13-9)10-5-3-2-4-6-10;1-2/h2-8H,1H3;1-2H2. The van der Waals surface area contributed by atoms with E-state index in [2.05, 4.69) is 23.1 Å². The van der Waals surface area contributed by atoms with E-state index in [0.29, 0.717) is 0 Å². The quantitative estimate of drug-likeness (QED) is 0.657. The largest absolute Gasteiger partial charge is 0.241 e. The van der Waals surface area contributed by atoms with Crippen LogP contribution in [0.25, 0.3) is 11.1 Å². The molecule has 0 atom stereocenters. The number of aryl methyl sites for hydroxylation is 1. The summed E-state index contributed by atoms with van der Waals surface area (Å²) in [5, 5.41) is 0. The summed E-state index contributed by atoms with van der Waals surface area (Å²) in [4.78, 5) is 8.29. The maximum atomic E-state index is 4.14. The molecule has 0 aliphatic rings. The molecule has 0 bridgehead atoms. The van der Waals surface area contributed by atoms with Gasteiger partial charge in [0.15, 0.2) is 0 Å². The first-order valence-electron chi connectivity index (χ1n) is 4.70. The van der Waals surface area contributed by atoms with Crippen LogP contribution in [0.2, 0.25) is 0 Å². The van der Waals surface area contributed by atoms with Gasteiger partial charge in [-0.05, 0) is 12.5 Å². The van der Waals surface area contributed by atoms with Crippen LogP contribution in [-0.2, 0) is 0 Å². The molecule has 0 saturated carbocycles. The molecule has 0 radical (unpaired) electrons. The Morgan fingerprint density at radius 3 is 1.93 bits per heavy atom. The number of hydrogen-bond acceptors (Lipinski definition) is 2. The Bertz CT molecular complexity index is 393. The molecule has 1 aromatic carbocycles. The highest BCUT2D eigenvalue weighted by molar-refractivity contribution is 5.60. The van der Waals surface area contributed by atoms with Crippen LogP contribution in [0.5, 0.6) is 0 Å². The van der Waals surface area contributed by atoms with E-state index in [-0.39, 0.29) is 0 Å². The van der Waals surface area contributed by atoms with Crippen LogP contribution in [0.3, 0.4) is 0 Å². The molecule has 2 aromatic rings. The number of nitrogens with zero attached hydrogens (tertiary/aromatic N) is 2. The lowest BCUT2D eigenvalue weighted by Crippen LogP contribution is -1.86. The van der Waals surface area contributed by atoms with Gasteiger partial charge in [-0.25, -0.2) is 9.97 Å². The Morgan fingerprint density at radius 2 is 1.40 bits per heavy atom. The van der Waals surface area contributed by atoms with E-state index in [4.69, 9.17) is 0 Å². The molecule has 0 aliphatic carbocycles. The van der Waals surface area contributed by atoms with Gasteiger partial charge in [-0.2, -0.15) is 0 Å². The molecule has 1 aromatic heterocycles. The Labute approximate surface area is 90.3 Å². The first kappa shape index (κ1) is 11.1. The van der Waals surface area contributed by atoms with E-state index in [1.807, 2.05) is 49.6 Å². The van der Waals surface area contributed by atoms with Crippen LogP contribution in [0.4, 0.5) is 0 Å². The number of rotatable bonds is 1. The van der Waals surface area contributed by atoms with Crippen molar-refractivity contribution in [2.45, 2.75) is 6.92 Å². The summed E-state index contributed by atoms with van der Waals surface area (Å²) in [6.45, 7) is 7.88. The normalized spacial score (nSPS) is 8.87. The second-order valence-electron chi connectivity index (χ2n) is 2.88. The van der Waals surface area contributed by atoms with Gasteiger partial charge < -0.3 is 0 Å². The fraction of sp³-hybridized carbons (Fsp3) is 0.0769. The molecule has 2 nitrogen and oxygen atoms in total. The van der Waals surface area contributed by atoms with Crippen molar-refractivity contribution in [2.24, 2.45) is 0 Å². The smallest absolute Gasteiger partial charge is 0.125 e. The predicted molar refractivity (Wildman–Crippen MR) is 63.5 cm³/mol. The molecule has 1 heterocycles. The van der Waals surface area contributed by atoms with Gasteiger partial charge in [-0.3, -0.25) is 0 Å². The topological polar surface area (TPSA) is 25.8 Å². The van der Waals surface area contributed by atoms with Gasteiger partial charge in [-0.15, -0.1) is 13.2 Å². The van der Waals surface area contributed by atoms with Gasteiger partial charge >= 0.3 is 0 Å². The molecule has 0 N–H and O–H groups in total. The summed E-state index contributed by atoms with van der Waals surface area (Å²) in [7, 11) is 0. The summed E-state index contributed by atoms with van der Waals surface area (Å²) in [5.41, 5.74) is 2.22. The van der Waals surface area contributed by atoms with Crippen LogP contribution >= 0.6 is 0 Å². The minimum Gasteiger partial charge on any atom is -0.241 e. The molecule has 2 rings (SSSR count). The molecule has 0 fully saturated rings. The van der Waals surface area contributed by atoms with Crippen LogP contribution < -0.4 is 0 Å². The average molecular weight is 198 g/mol. The summed E-state index contributed by atoms with van der Waals surface area (Å²) < 4.78 is 0. The van der Waals surface area contributed by atoms with Crippen LogP contribution in [0.15, 0.2) is 55.9 Å². The molecule has 0 spiro atoms. The summed E-state index contributed by atoms with van der Waals surface area (Å²) >= 11 is 0. The molecule has 76 valence electrons. The minimum atomic E-state index is 0.805. The first-order chi connectivity index (χ1) is 7.36. The highest BCUT2D eigenvalue weighted by atomic mass is 14.8. The molecular weight excluding hydrogens is 184 g/mol. The zero-order valence-corrected chi connectivity index (χ0v) is 8.85. The third-order valence-corrected chi connectivity index (χ3v) is 1.89. The summed E-state index contributed by atoms with van der Waals surface area (Å²) in [6.07, 6.45) is 3.69. The molecule has 2 heteroatoms. The lowest BCUT2D eigenvalue weighted by molar-refractivity contribution is 1.06. The van der Waals surface area contributed by atoms with Crippen LogP contribution in [0.1, 0.15) is 5.82 Å². The van der Waals surface area contributed by atoms with E-state index in [0.717, 1.165) is 17.0 Å². The monoisotopic (exact) mass is 198 g/mol. The second-order valence-corrected chi connectivity index (χ2v) is 2.88. The highest BCUT2D eigenvalue weighted by Gasteiger charge is 1.95. The van der Waals surface area contributed by atoms with Crippen molar-refractivity contribution in [2.75, 3.05) is 0 Å². The molecule has 0 saturated heterocycles. The Balaban J connectivity index is 0.000000531. The third-order valence-electron chi connectivity index (χ3n) is 1.89. The van der Waals surface area contributed by atoms with Gasteiger partial charge in [0.2, 0.25) is 0 Å². The molecule has 0 aliphatic heterocycles. The molecular formula is C13H14N2. The van der Waals surface area contributed by atoms with Gasteiger partial charge in [0, 0.05) is 18.0 Å². The predicted octanol–water partition coefficient (Wildman–Crippen LogP) is 3.25. The Morgan fingerprint density at radius 1 is 0.867 bits per heavy atom. The lowest BCUT2D eigenvalue weighted by atomic mass is 10.1. The maximum Gasteiger partial charge on any atom is 0.125 e. The summed E-state index contributed by atoms with van der Waals surface area (Å²) in [5.74, 6) is 0.805. The Kier molecular flexibility index (Phi) is 4.23. The SMILES string of the molecule is C=C.Cc1ncc(-c2ccccc2)cn1. The van der Waals surface area contributed by atoms with E-state index in [1.54, 1.807) is 0 Å². The minimum absolute atomic E-state index is 0.805. The Hall–Kier alpha value is -1.96. The maximum absolute atomic E-state index is 4.14. The lowest BCUT2D eigenvalue weighted by Gasteiger charge is -1.99. The number of hydrogen-bond donors (Lipinski definition) is 0. The van der Waals surface area contributed by atoms with E-state index in [1.165, 1.54) is 0 Å². The van der Waals surface area contributed by atoms with Crippen molar-refractivity contribution in [3.05, 3.63) is 61.7 Å². The molecule has 15 heavy (non-hydrogen) atoms. The zero-order valence-electron chi connectivity index (χ0n) is 8.85. The highest BCUT2D eigenvalue weighted by Crippen LogP contribution is 2.15. The van der Waals surface area contributed by atoms with Crippen molar-refractivity contribution in [1.29, 1.82) is 0 Å². The average Bonchev–Trinajstić information content (AvgIpc) is 2.34. The molecule has 0 amide bonds. The van der Waals surface area contributed by atoms with Gasteiger partial charge in [-0.1, -0.05) is 30.3 Å². The van der Waals surface area contributed by atoms with E-state index in [9.17, 15) is 0 Å². The third kappa shape index (κ3) is 3.02.